The maximum atomic E-state index is 13.3. The van der Waals surface area contributed by atoms with Crippen LogP contribution < -0.4 is 30.3 Å². The Morgan fingerprint density at radius 1 is 1.07 bits per heavy atom. The molecule has 3 N–H and O–H groups in total. The highest BCUT2D eigenvalue weighted by molar-refractivity contribution is 6.32. The maximum Gasteiger partial charge on any atom is 0.586 e. The zero-order valence-electron chi connectivity index (χ0n) is 21.0. The first-order chi connectivity index (χ1) is 19.1. The van der Waals surface area contributed by atoms with Crippen molar-refractivity contribution in [1.29, 1.82) is 0 Å². The highest BCUT2D eigenvalue weighted by atomic mass is 35.5. The van der Waals surface area contributed by atoms with E-state index in [0.29, 0.717) is 17.3 Å². The molecular weight excluding hydrogens is 550 g/mol. The number of amides is 3. The van der Waals surface area contributed by atoms with Gasteiger partial charge in [0.25, 0.3) is 5.91 Å². The number of carbonyl (C=O) groups excluding carboxylic acids is 2. The van der Waals surface area contributed by atoms with Gasteiger partial charge < -0.3 is 20.1 Å². The van der Waals surface area contributed by atoms with E-state index in [1.54, 1.807) is 38.4 Å². The lowest BCUT2D eigenvalue weighted by atomic mass is 10.2. The molecule has 3 aromatic heterocycles. The van der Waals surface area contributed by atoms with Gasteiger partial charge in [-0.05, 0) is 42.0 Å². The second-order valence-electron chi connectivity index (χ2n) is 8.52. The molecule has 5 rings (SSSR count). The normalized spacial score (nSPS) is 13.0. The van der Waals surface area contributed by atoms with Crippen LogP contribution in [0.15, 0.2) is 61.1 Å². The number of carbonyl (C=O) groups is 2. The van der Waals surface area contributed by atoms with Gasteiger partial charge in [0.05, 0.1) is 11.9 Å². The van der Waals surface area contributed by atoms with Gasteiger partial charge in [-0.1, -0.05) is 11.6 Å². The van der Waals surface area contributed by atoms with Crippen LogP contribution >= 0.6 is 11.6 Å². The fraction of sp³-hybridized carbons (Fsp3) is 0.160. The zero-order valence-corrected chi connectivity index (χ0v) is 21.7. The fourth-order valence-corrected chi connectivity index (χ4v) is 4.05. The second-order valence-corrected chi connectivity index (χ2v) is 8.88. The summed E-state index contributed by atoms with van der Waals surface area (Å²) in [5.74, 6) is -0.151. The predicted octanol–water partition coefficient (Wildman–Crippen LogP) is 4.72. The van der Waals surface area contributed by atoms with Crippen LogP contribution in [0.4, 0.5) is 36.6 Å². The van der Waals surface area contributed by atoms with Crippen molar-refractivity contribution < 1.29 is 27.8 Å². The summed E-state index contributed by atoms with van der Waals surface area (Å²) in [6, 6.07) is 10.2. The molecule has 206 valence electrons. The molecule has 3 amide bonds. The number of pyridine rings is 2. The molecule has 0 aliphatic carbocycles. The van der Waals surface area contributed by atoms with Crippen LogP contribution in [-0.2, 0) is 13.6 Å². The molecule has 15 heteroatoms. The summed E-state index contributed by atoms with van der Waals surface area (Å²) < 4.78 is 36.9. The van der Waals surface area contributed by atoms with Gasteiger partial charge in [-0.3, -0.25) is 19.7 Å². The smallest absolute Gasteiger partial charge is 0.395 e. The summed E-state index contributed by atoms with van der Waals surface area (Å²) in [5, 5.41) is 12.8. The van der Waals surface area contributed by atoms with Gasteiger partial charge in [0.2, 0.25) is 0 Å². The van der Waals surface area contributed by atoms with Gasteiger partial charge in [0, 0.05) is 44.8 Å². The lowest BCUT2D eigenvalue weighted by Gasteiger charge is -2.18. The Balaban J connectivity index is 1.23. The molecule has 0 saturated heterocycles. The van der Waals surface area contributed by atoms with Crippen molar-refractivity contribution in [3.05, 3.63) is 77.3 Å². The van der Waals surface area contributed by atoms with Crippen LogP contribution in [-0.4, -0.2) is 45.0 Å². The summed E-state index contributed by atoms with van der Waals surface area (Å²) in [5.41, 5.74) is 1.62. The number of urea groups is 1. The Hall–Kier alpha value is -4.98. The average molecular weight is 571 g/mol. The Bertz CT molecular complexity index is 1600. The molecule has 0 bridgehead atoms. The Morgan fingerprint density at radius 2 is 1.88 bits per heavy atom. The van der Waals surface area contributed by atoms with Gasteiger partial charge in [0.15, 0.2) is 16.7 Å². The molecule has 4 aromatic rings. The highest BCUT2D eigenvalue weighted by Gasteiger charge is 2.43. The number of aryl methyl sites for hydroxylation is 1. The van der Waals surface area contributed by atoms with E-state index >= 15 is 0 Å². The third-order valence-corrected chi connectivity index (χ3v) is 6.06. The molecule has 1 aliphatic rings. The number of nitrogens with zero attached hydrogens (tertiary/aromatic N) is 5. The summed E-state index contributed by atoms with van der Waals surface area (Å²) in [7, 11) is 3.21. The standard InChI is InChI=1S/C25H21ClF2N8O4/c1-35(17-4-3-8-30-21(17)26)24(38)34-20-10-14(7-9-29-20)12-31-22-16(13-32-36(22)2)23(37)33-15-5-6-18-19(11-15)40-25(27,28)39-18/h3-11,13,31H,12H2,1-2H3,(H,33,37)(H,29,34,38). The maximum absolute atomic E-state index is 13.3. The van der Waals surface area contributed by atoms with Crippen molar-refractivity contribution in [2.24, 2.45) is 7.05 Å². The van der Waals surface area contributed by atoms with Crippen molar-refractivity contribution in [2.45, 2.75) is 12.8 Å². The molecule has 1 aromatic carbocycles. The van der Waals surface area contributed by atoms with Crippen molar-refractivity contribution in [3.8, 4) is 11.5 Å². The molecule has 4 heterocycles. The van der Waals surface area contributed by atoms with Crippen molar-refractivity contribution in [2.75, 3.05) is 27.9 Å². The van der Waals surface area contributed by atoms with Crippen molar-refractivity contribution in [3.63, 3.8) is 0 Å². The Labute approximate surface area is 230 Å². The van der Waals surface area contributed by atoms with Crippen LogP contribution in [0.25, 0.3) is 0 Å². The minimum atomic E-state index is -3.76. The molecule has 0 spiro atoms. The van der Waals surface area contributed by atoms with Gasteiger partial charge in [0.1, 0.15) is 17.2 Å². The van der Waals surface area contributed by atoms with Gasteiger partial charge in [-0.2, -0.15) is 5.10 Å². The number of fused-ring (bicyclic) bond motifs is 1. The quantitative estimate of drug-likeness (QED) is 0.272. The highest BCUT2D eigenvalue weighted by Crippen LogP contribution is 2.42. The molecule has 0 atom stereocenters. The molecule has 40 heavy (non-hydrogen) atoms. The number of benzene rings is 1. The lowest BCUT2D eigenvalue weighted by molar-refractivity contribution is -0.286. The Kier molecular flexibility index (Phi) is 7.09. The van der Waals surface area contributed by atoms with E-state index in [4.69, 9.17) is 11.6 Å². The monoisotopic (exact) mass is 570 g/mol. The number of aromatic nitrogens is 4. The summed E-state index contributed by atoms with van der Waals surface area (Å²) in [4.78, 5) is 35.1. The molecular formula is C25H21ClF2N8O4. The summed E-state index contributed by atoms with van der Waals surface area (Å²) in [6.07, 6.45) is 0.665. The van der Waals surface area contributed by atoms with Crippen LogP contribution in [0.3, 0.4) is 0 Å². The molecule has 0 unspecified atom stereocenters. The Morgan fingerprint density at radius 3 is 2.67 bits per heavy atom. The van der Waals surface area contributed by atoms with E-state index in [2.05, 4.69) is 40.5 Å². The van der Waals surface area contributed by atoms with Crippen LogP contribution in [0.5, 0.6) is 11.5 Å². The minimum absolute atomic E-state index is 0.132. The van der Waals surface area contributed by atoms with Crippen molar-refractivity contribution in [1.82, 2.24) is 19.7 Å². The first kappa shape index (κ1) is 26.6. The number of rotatable bonds is 7. The summed E-state index contributed by atoms with van der Waals surface area (Å²) in [6.45, 7) is 0.259. The van der Waals surface area contributed by atoms with Gasteiger partial charge in [-0.25, -0.2) is 14.8 Å². The molecule has 1 aliphatic heterocycles. The van der Waals surface area contributed by atoms with E-state index in [0.717, 1.165) is 5.56 Å². The third-order valence-electron chi connectivity index (χ3n) is 5.77. The van der Waals surface area contributed by atoms with E-state index < -0.39 is 18.2 Å². The topological polar surface area (TPSA) is 136 Å². The molecule has 0 radical (unpaired) electrons. The predicted molar refractivity (Wildman–Crippen MR) is 142 cm³/mol. The number of ether oxygens (including phenoxy) is 2. The minimum Gasteiger partial charge on any atom is -0.395 e. The van der Waals surface area contributed by atoms with E-state index in [-0.39, 0.29) is 34.4 Å². The fourth-order valence-electron chi connectivity index (χ4n) is 3.81. The molecule has 12 nitrogen and oxygen atoms in total. The van der Waals surface area contributed by atoms with E-state index in [9.17, 15) is 18.4 Å². The average Bonchev–Trinajstić information content (AvgIpc) is 3.44. The lowest BCUT2D eigenvalue weighted by Crippen LogP contribution is -2.31. The number of halogens is 3. The molecule has 0 saturated carbocycles. The number of anilines is 4. The van der Waals surface area contributed by atoms with Crippen LogP contribution in [0, 0.1) is 0 Å². The number of hydrogen-bond acceptors (Lipinski definition) is 8. The number of nitrogens with one attached hydrogen (secondary N) is 3. The van der Waals surface area contributed by atoms with E-state index in [1.165, 1.54) is 46.4 Å². The first-order valence-electron chi connectivity index (χ1n) is 11.7. The van der Waals surface area contributed by atoms with Crippen LogP contribution in [0.2, 0.25) is 5.15 Å². The van der Waals surface area contributed by atoms with Gasteiger partial charge >= 0.3 is 12.3 Å². The molecule has 0 fully saturated rings. The van der Waals surface area contributed by atoms with Crippen LogP contribution in [0.1, 0.15) is 15.9 Å². The number of hydrogen-bond donors (Lipinski definition) is 3. The third kappa shape index (κ3) is 5.71. The number of alkyl halides is 2. The second kappa shape index (κ2) is 10.6. The SMILES string of the molecule is CN(C(=O)Nc1cc(CNc2c(C(=O)Nc3ccc4c(c3)OC(F)(F)O4)cnn2C)ccn1)c1cccnc1Cl. The van der Waals surface area contributed by atoms with Crippen molar-refractivity contribution >= 4 is 46.5 Å². The zero-order chi connectivity index (χ0) is 28.4. The van der Waals surface area contributed by atoms with E-state index in [1.807, 2.05) is 0 Å². The first-order valence-corrected chi connectivity index (χ1v) is 12.0. The summed E-state index contributed by atoms with van der Waals surface area (Å²) >= 11 is 6.08. The largest absolute Gasteiger partial charge is 0.586 e. The van der Waals surface area contributed by atoms with Gasteiger partial charge in [-0.15, -0.1) is 8.78 Å².